The Bertz CT molecular complexity index is 1150. The van der Waals surface area contributed by atoms with Gasteiger partial charge in [-0.3, -0.25) is 14.2 Å². The van der Waals surface area contributed by atoms with Crippen molar-refractivity contribution in [1.82, 2.24) is 0 Å². The monoisotopic (exact) mass is 1010 g/mol. The molecule has 0 saturated carbocycles. The van der Waals surface area contributed by atoms with E-state index in [1.165, 1.54) is 257 Å². The van der Waals surface area contributed by atoms with Gasteiger partial charge in [-0.05, 0) is 12.8 Å². The van der Waals surface area contributed by atoms with Crippen molar-refractivity contribution in [2.75, 3.05) is 47.5 Å². The maximum Gasteiger partial charge on any atom is 0.306 e. The van der Waals surface area contributed by atoms with E-state index in [9.17, 15) is 19.0 Å². The third kappa shape index (κ3) is 56.3. The summed E-state index contributed by atoms with van der Waals surface area (Å²) in [5.74, 6) is -0.813. The van der Waals surface area contributed by atoms with E-state index in [0.717, 1.165) is 32.1 Å². The van der Waals surface area contributed by atoms with Gasteiger partial charge in [0, 0.05) is 12.8 Å². The normalized spacial score (nSPS) is 13.2. The van der Waals surface area contributed by atoms with Crippen molar-refractivity contribution in [1.29, 1.82) is 0 Å². The smallest absolute Gasteiger partial charge is 0.306 e. The average Bonchev–Trinajstić information content (AvgIpc) is 3.32. The number of likely N-dealkylation sites (N-methyl/N-ethyl adjacent to an activating group) is 1. The van der Waals surface area contributed by atoms with E-state index in [1.54, 1.807) is 0 Å². The van der Waals surface area contributed by atoms with Crippen molar-refractivity contribution in [3.63, 3.8) is 0 Å². The minimum atomic E-state index is -4.62. The molecule has 0 radical (unpaired) electrons. The van der Waals surface area contributed by atoms with E-state index in [1.807, 2.05) is 21.1 Å². The second-order valence-corrected chi connectivity index (χ2v) is 23.9. The number of hydrogen-bond acceptors (Lipinski definition) is 8. The quantitative estimate of drug-likeness (QED) is 0.0256. The summed E-state index contributed by atoms with van der Waals surface area (Å²) in [6.45, 7) is 4.29. The van der Waals surface area contributed by atoms with Crippen LogP contribution in [0.25, 0.3) is 0 Å². The van der Waals surface area contributed by atoms with Crippen LogP contribution in [0.4, 0.5) is 0 Å². The number of phosphoric ester groups is 1. The van der Waals surface area contributed by atoms with Crippen LogP contribution >= 0.6 is 7.82 Å². The molecule has 0 aromatic heterocycles. The molecule has 0 heterocycles. The number of nitrogens with zero attached hydrogens (tertiary/aromatic N) is 1. The number of phosphoric acid groups is 1. The van der Waals surface area contributed by atoms with Crippen molar-refractivity contribution < 1.29 is 42.1 Å². The fourth-order valence-electron chi connectivity index (χ4n) is 9.37. The predicted molar refractivity (Wildman–Crippen MR) is 296 cm³/mol. The number of ether oxygens (including phenoxy) is 2. The van der Waals surface area contributed by atoms with Gasteiger partial charge in [0.2, 0.25) is 0 Å². The molecule has 70 heavy (non-hydrogen) atoms. The zero-order valence-electron chi connectivity index (χ0n) is 47.5. The topological polar surface area (TPSA) is 111 Å². The van der Waals surface area contributed by atoms with Crippen LogP contribution in [0, 0.1) is 0 Å². The fraction of sp³-hybridized carbons (Fsp3) is 0.967. The molecule has 0 rings (SSSR count). The molecule has 0 aromatic carbocycles. The van der Waals surface area contributed by atoms with E-state index < -0.39 is 26.5 Å². The highest BCUT2D eigenvalue weighted by atomic mass is 31.2. The summed E-state index contributed by atoms with van der Waals surface area (Å²) in [6.07, 6.45) is 60.4. The molecule has 0 N–H and O–H groups in total. The lowest BCUT2D eigenvalue weighted by molar-refractivity contribution is -0.870. The molecule has 10 heteroatoms. The van der Waals surface area contributed by atoms with Crippen LogP contribution in [0.15, 0.2) is 0 Å². The minimum absolute atomic E-state index is 0.0253. The number of hydrogen-bond donors (Lipinski definition) is 0. The minimum Gasteiger partial charge on any atom is -0.756 e. The molecule has 2 unspecified atom stereocenters. The molecule has 418 valence electrons. The van der Waals surface area contributed by atoms with Crippen LogP contribution in [-0.2, 0) is 32.7 Å². The zero-order valence-corrected chi connectivity index (χ0v) is 48.4. The molecule has 0 spiro atoms. The van der Waals surface area contributed by atoms with E-state index in [0.29, 0.717) is 17.4 Å². The van der Waals surface area contributed by atoms with Gasteiger partial charge >= 0.3 is 11.9 Å². The summed E-state index contributed by atoms with van der Waals surface area (Å²) >= 11 is 0. The van der Waals surface area contributed by atoms with Crippen LogP contribution in [-0.4, -0.2) is 70.0 Å². The maximum absolute atomic E-state index is 12.8. The summed E-state index contributed by atoms with van der Waals surface area (Å²) in [7, 11) is 1.19. The summed E-state index contributed by atoms with van der Waals surface area (Å²) < 4.78 is 34.1. The summed E-state index contributed by atoms with van der Waals surface area (Å²) in [5.41, 5.74) is 0. The SMILES string of the molecule is CCCCCCCCCCCCCCCCCCCCCCCCCCCCCCCCCCCCC(=O)OC(COC(=O)CCCCCCCCCCCCCC)COP(=O)([O-])OCC[N+](C)(C)C. The van der Waals surface area contributed by atoms with Gasteiger partial charge in [0.15, 0.2) is 6.10 Å². The zero-order chi connectivity index (χ0) is 51.3. The number of esters is 2. The molecular weight excluding hydrogens is 894 g/mol. The molecular formula is C60H120NO8P. The van der Waals surface area contributed by atoms with Gasteiger partial charge in [-0.1, -0.05) is 296 Å². The number of rotatable bonds is 58. The number of carbonyl (C=O) groups is 2. The molecule has 9 nitrogen and oxygen atoms in total. The first kappa shape index (κ1) is 69.0. The molecule has 0 aliphatic rings. The van der Waals surface area contributed by atoms with Crippen LogP contribution in [0.5, 0.6) is 0 Å². The fourth-order valence-corrected chi connectivity index (χ4v) is 10.1. The molecule has 0 aromatic rings. The third-order valence-electron chi connectivity index (χ3n) is 14.1. The Morgan fingerprint density at radius 2 is 0.643 bits per heavy atom. The highest BCUT2D eigenvalue weighted by molar-refractivity contribution is 7.45. The first-order valence-corrected chi connectivity index (χ1v) is 32.2. The Morgan fingerprint density at radius 1 is 0.386 bits per heavy atom. The number of carbonyl (C=O) groups excluding carboxylic acids is 2. The standard InChI is InChI=1S/C60H120NO8P/c1-6-8-10-12-14-16-18-20-21-22-23-24-25-26-27-28-29-30-31-32-33-34-35-36-37-38-39-40-41-43-45-47-49-51-53-60(63)69-58(57-68-70(64,65)67-55-54-61(3,4)5)56-66-59(62)52-50-48-46-44-42-19-17-15-13-11-9-7-2/h58H,6-57H2,1-5H3. The molecule has 2 atom stereocenters. The van der Waals surface area contributed by atoms with E-state index in [-0.39, 0.29) is 32.0 Å². The Hall–Kier alpha value is -0.990. The average molecular weight is 1010 g/mol. The van der Waals surface area contributed by atoms with Gasteiger partial charge in [0.05, 0.1) is 27.7 Å². The second kappa shape index (κ2) is 52.9. The Balaban J connectivity index is 3.89. The highest BCUT2D eigenvalue weighted by Gasteiger charge is 2.22. The molecule has 0 saturated heterocycles. The van der Waals surface area contributed by atoms with Gasteiger partial charge in [0.25, 0.3) is 7.82 Å². The molecule has 0 aliphatic heterocycles. The van der Waals surface area contributed by atoms with Crippen LogP contribution in [0.3, 0.4) is 0 Å². The second-order valence-electron chi connectivity index (χ2n) is 22.4. The van der Waals surface area contributed by atoms with Crippen molar-refractivity contribution in [3.05, 3.63) is 0 Å². The first-order chi connectivity index (χ1) is 34.0. The molecule has 0 amide bonds. The highest BCUT2D eigenvalue weighted by Crippen LogP contribution is 2.38. The lowest BCUT2D eigenvalue weighted by Crippen LogP contribution is -2.37. The summed E-state index contributed by atoms with van der Waals surface area (Å²) in [6, 6.07) is 0. The summed E-state index contributed by atoms with van der Waals surface area (Å²) in [4.78, 5) is 37.7. The molecule has 0 aliphatic carbocycles. The van der Waals surface area contributed by atoms with Crippen molar-refractivity contribution in [3.8, 4) is 0 Å². The van der Waals surface area contributed by atoms with E-state index >= 15 is 0 Å². The lowest BCUT2D eigenvalue weighted by Gasteiger charge is -2.28. The largest absolute Gasteiger partial charge is 0.756 e. The molecule has 0 bridgehead atoms. The van der Waals surface area contributed by atoms with Gasteiger partial charge in [-0.15, -0.1) is 0 Å². The van der Waals surface area contributed by atoms with Crippen LogP contribution in [0.1, 0.15) is 322 Å². The van der Waals surface area contributed by atoms with Crippen molar-refractivity contribution in [2.24, 2.45) is 0 Å². The molecule has 0 fully saturated rings. The number of quaternary nitrogens is 1. The van der Waals surface area contributed by atoms with Crippen molar-refractivity contribution in [2.45, 2.75) is 328 Å². The Morgan fingerprint density at radius 3 is 0.914 bits per heavy atom. The van der Waals surface area contributed by atoms with Gasteiger partial charge in [0.1, 0.15) is 19.8 Å². The van der Waals surface area contributed by atoms with Gasteiger partial charge < -0.3 is 27.9 Å². The van der Waals surface area contributed by atoms with Crippen molar-refractivity contribution >= 4 is 19.8 Å². The van der Waals surface area contributed by atoms with Crippen LogP contribution < -0.4 is 4.89 Å². The van der Waals surface area contributed by atoms with Gasteiger partial charge in [-0.2, -0.15) is 0 Å². The summed E-state index contributed by atoms with van der Waals surface area (Å²) in [5, 5.41) is 0. The Kier molecular flexibility index (Phi) is 52.1. The number of unbranched alkanes of at least 4 members (excludes halogenated alkanes) is 44. The Labute approximate surface area is 435 Å². The lowest BCUT2D eigenvalue weighted by atomic mass is 10.0. The van der Waals surface area contributed by atoms with E-state index in [4.69, 9.17) is 18.5 Å². The maximum atomic E-state index is 12.8. The van der Waals surface area contributed by atoms with Crippen LogP contribution in [0.2, 0.25) is 0 Å². The van der Waals surface area contributed by atoms with Gasteiger partial charge in [-0.25, -0.2) is 0 Å². The first-order valence-electron chi connectivity index (χ1n) is 30.7. The predicted octanol–water partition coefficient (Wildman–Crippen LogP) is 18.4. The third-order valence-corrected chi connectivity index (χ3v) is 15.1. The van der Waals surface area contributed by atoms with E-state index in [2.05, 4.69) is 13.8 Å².